The average molecular weight is 332 g/mol. The van der Waals surface area contributed by atoms with Gasteiger partial charge in [0.25, 0.3) is 0 Å². The van der Waals surface area contributed by atoms with Crippen LogP contribution >= 0.6 is 0 Å². The van der Waals surface area contributed by atoms with Crippen molar-refractivity contribution in [2.75, 3.05) is 19.6 Å². The summed E-state index contributed by atoms with van der Waals surface area (Å²) < 4.78 is 5.56. The Bertz CT molecular complexity index is 570. The lowest BCUT2D eigenvalue weighted by molar-refractivity contribution is -0.0219. The van der Waals surface area contributed by atoms with Gasteiger partial charge in [0.15, 0.2) is 0 Å². The van der Waals surface area contributed by atoms with E-state index in [0.29, 0.717) is 13.0 Å². The lowest BCUT2D eigenvalue weighted by Crippen LogP contribution is -2.54. The second kappa shape index (κ2) is 6.73. The topological polar surface area (TPSA) is 53.0 Å². The minimum absolute atomic E-state index is 0.0345. The number of carbonyl (C=O) groups is 1. The van der Waals surface area contributed by atoms with E-state index in [1.807, 2.05) is 43.9 Å². The summed E-state index contributed by atoms with van der Waals surface area (Å²) in [6.45, 7) is 8.68. The molecule has 132 valence electrons. The number of nitrogens with zero attached hydrogens (tertiary/aromatic N) is 2. The molecule has 1 aromatic rings. The summed E-state index contributed by atoms with van der Waals surface area (Å²) in [6, 6.07) is 10.4. The molecule has 1 N–H and O–H groups in total. The third kappa shape index (κ3) is 3.90. The van der Waals surface area contributed by atoms with Gasteiger partial charge in [0.2, 0.25) is 0 Å². The fourth-order valence-corrected chi connectivity index (χ4v) is 3.77. The molecule has 1 amide bonds. The van der Waals surface area contributed by atoms with Crippen LogP contribution in [0.1, 0.15) is 32.8 Å². The van der Waals surface area contributed by atoms with Crippen molar-refractivity contribution in [2.24, 2.45) is 5.92 Å². The van der Waals surface area contributed by atoms with Gasteiger partial charge in [-0.05, 0) is 32.8 Å². The Kier molecular flexibility index (Phi) is 4.83. The fraction of sp³-hybridized carbons (Fsp3) is 0.632. The Morgan fingerprint density at radius 2 is 1.96 bits per heavy atom. The number of aliphatic hydroxyl groups excluding tert-OH is 1. The smallest absolute Gasteiger partial charge is 0.410 e. The maximum absolute atomic E-state index is 12.5. The highest BCUT2D eigenvalue weighted by Crippen LogP contribution is 2.32. The Balaban J connectivity index is 1.69. The SMILES string of the molecule is CC(C)(C)OC(=O)N1CC[C@H](O)[C@H]2CN(Cc3ccccc3)C[C@H]21. The number of aliphatic hydroxyl groups is 1. The highest BCUT2D eigenvalue weighted by molar-refractivity contribution is 5.69. The van der Waals surface area contributed by atoms with Crippen LogP contribution in [0.2, 0.25) is 0 Å². The van der Waals surface area contributed by atoms with Gasteiger partial charge in [0.1, 0.15) is 5.60 Å². The molecule has 0 aliphatic carbocycles. The van der Waals surface area contributed by atoms with Crippen molar-refractivity contribution in [2.45, 2.75) is 51.5 Å². The number of piperidine rings is 1. The third-order valence-corrected chi connectivity index (χ3v) is 4.85. The van der Waals surface area contributed by atoms with E-state index in [0.717, 1.165) is 19.6 Å². The van der Waals surface area contributed by atoms with E-state index < -0.39 is 5.60 Å². The van der Waals surface area contributed by atoms with Gasteiger partial charge >= 0.3 is 6.09 Å². The van der Waals surface area contributed by atoms with Crippen LogP contribution < -0.4 is 0 Å². The molecule has 2 saturated heterocycles. The minimum Gasteiger partial charge on any atom is -0.444 e. The first-order valence-corrected chi connectivity index (χ1v) is 8.77. The predicted molar refractivity (Wildman–Crippen MR) is 92.6 cm³/mol. The minimum atomic E-state index is -0.495. The van der Waals surface area contributed by atoms with Crippen molar-refractivity contribution in [3.8, 4) is 0 Å². The second-order valence-corrected chi connectivity index (χ2v) is 7.94. The number of amides is 1. The molecule has 0 unspecified atom stereocenters. The van der Waals surface area contributed by atoms with Gasteiger partial charge in [-0.25, -0.2) is 4.79 Å². The Morgan fingerprint density at radius 1 is 1.25 bits per heavy atom. The molecule has 24 heavy (non-hydrogen) atoms. The summed E-state index contributed by atoms with van der Waals surface area (Å²) in [7, 11) is 0. The number of benzene rings is 1. The van der Waals surface area contributed by atoms with E-state index in [1.54, 1.807) is 0 Å². The largest absolute Gasteiger partial charge is 0.444 e. The molecule has 5 nitrogen and oxygen atoms in total. The highest BCUT2D eigenvalue weighted by Gasteiger charge is 2.46. The monoisotopic (exact) mass is 332 g/mol. The second-order valence-electron chi connectivity index (χ2n) is 7.94. The summed E-state index contributed by atoms with van der Waals surface area (Å²) in [4.78, 5) is 16.7. The molecule has 3 atom stereocenters. The molecule has 0 spiro atoms. The summed E-state index contributed by atoms with van der Waals surface area (Å²) >= 11 is 0. The zero-order valence-electron chi connectivity index (χ0n) is 14.8. The predicted octanol–water partition coefficient (Wildman–Crippen LogP) is 2.49. The van der Waals surface area contributed by atoms with Crippen molar-refractivity contribution in [1.29, 1.82) is 0 Å². The van der Waals surface area contributed by atoms with E-state index in [9.17, 15) is 9.90 Å². The molecule has 2 heterocycles. The molecule has 0 saturated carbocycles. The molecule has 0 bridgehead atoms. The van der Waals surface area contributed by atoms with Crippen molar-refractivity contribution < 1.29 is 14.6 Å². The third-order valence-electron chi connectivity index (χ3n) is 4.85. The summed E-state index contributed by atoms with van der Waals surface area (Å²) in [5, 5.41) is 10.4. The van der Waals surface area contributed by atoms with E-state index in [2.05, 4.69) is 17.0 Å². The zero-order valence-corrected chi connectivity index (χ0v) is 14.8. The molecule has 5 heteroatoms. The first-order valence-electron chi connectivity index (χ1n) is 8.77. The first-order chi connectivity index (χ1) is 11.3. The fourth-order valence-electron chi connectivity index (χ4n) is 3.77. The normalized spacial score (nSPS) is 27.8. The van der Waals surface area contributed by atoms with Crippen molar-refractivity contribution >= 4 is 6.09 Å². The molecule has 0 aromatic heterocycles. The Morgan fingerprint density at radius 3 is 2.62 bits per heavy atom. The number of ether oxygens (including phenoxy) is 1. The summed E-state index contributed by atoms with van der Waals surface area (Å²) in [5.41, 5.74) is 0.764. The molecule has 2 fully saturated rings. The van der Waals surface area contributed by atoms with Gasteiger partial charge in [-0.3, -0.25) is 4.90 Å². The van der Waals surface area contributed by atoms with E-state index in [1.165, 1.54) is 5.56 Å². The zero-order chi connectivity index (χ0) is 17.3. The van der Waals surface area contributed by atoms with Crippen molar-refractivity contribution in [1.82, 2.24) is 9.80 Å². The van der Waals surface area contributed by atoms with E-state index in [-0.39, 0.29) is 24.2 Å². The van der Waals surface area contributed by atoms with E-state index >= 15 is 0 Å². The van der Waals surface area contributed by atoms with Crippen LogP contribution in [0.4, 0.5) is 4.79 Å². The standard InChI is InChI=1S/C19H28N2O3/c1-19(2,3)24-18(23)21-10-9-17(22)15-12-20(13-16(15)21)11-14-7-5-4-6-8-14/h4-8,15-17,22H,9-13H2,1-3H3/t15-,16+,17-/m0/s1. The lowest BCUT2D eigenvalue weighted by atomic mass is 9.89. The van der Waals surface area contributed by atoms with Crippen LogP contribution in [0.25, 0.3) is 0 Å². The quantitative estimate of drug-likeness (QED) is 0.904. The first kappa shape index (κ1) is 17.2. The maximum atomic E-state index is 12.5. The van der Waals surface area contributed by atoms with Crippen molar-refractivity contribution in [3.05, 3.63) is 35.9 Å². The number of rotatable bonds is 2. The molecular formula is C19H28N2O3. The van der Waals surface area contributed by atoms with Gasteiger partial charge in [0.05, 0.1) is 12.1 Å². The average Bonchev–Trinajstić information content (AvgIpc) is 2.91. The molecule has 1 aromatic carbocycles. The molecule has 0 radical (unpaired) electrons. The van der Waals surface area contributed by atoms with Crippen LogP contribution in [0.3, 0.4) is 0 Å². The highest BCUT2D eigenvalue weighted by atomic mass is 16.6. The van der Waals surface area contributed by atoms with Crippen LogP contribution in [-0.4, -0.2) is 58.4 Å². The molecular weight excluding hydrogens is 304 g/mol. The van der Waals surface area contributed by atoms with Gasteiger partial charge in [-0.15, -0.1) is 0 Å². The number of carbonyl (C=O) groups excluding carboxylic acids is 1. The van der Waals surface area contributed by atoms with Gasteiger partial charge < -0.3 is 14.7 Å². The van der Waals surface area contributed by atoms with Gasteiger partial charge in [0, 0.05) is 32.1 Å². The number of hydrogen-bond donors (Lipinski definition) is 1. The summed E-state index contributed by atoms with van der Waals surface area (Å²) in [6.07, 6.45) is 0.0278. The lowest BCUT2D eigenvalue weighted by Gasteiger charge is -2.40. The molecule has 2 aliphatic rings. The van der Waals surface area contributed by atoms with E-state index in [4.69, 9.17) is 4.74 Å². The van der Waals surface area contributed by atoms with Crippen LogP contribution in [0, 0.1) is 5.92 Å². The molecule has 2 aliphatic heterocycles. The number of fused-ring (bicyclic) bond motifs is 1. The van der Waals surface area contributed by atoms with Crippen molar-refractivity contribution in [3.63, 3.8) is 0 Å². The Hall–Kier alpha value is -1.59. The number of likely N-dealkylation sites (tertiary alicyclic amines) is 2. The van der Waals surface area contributed by atoms with Gasteiger partial charge in [-0.2, -0.15) is 0 Å². The molecule has 3 rings (SSSR count). The van der Waals surface area contributed by atoms with Crippen LogP contribution in [-0.2, 0) is 11.3 Å². The Labute approximate surface area is 144 Å². The van der Waals surface area contributed by atoms with Gasteiger partial charge in [-0.1, -0.05) is 30.3 Å². The maximum Gasteiger partial charge on any atom is 0.410 e. The summed E-state index contributed by atoms with van der Waals surface area (Å²) in [5.74, 6) is 0.106. The number of hydrogen-bond acceptors (Lipinski definition) is 4. The van der Waals surface area contributed by atoms with Crippen LogP contribution in [0.15, 0.2) is 30.3 Å². The van der Waals surface area contributed by atoms with Crippen LogP contribution in [0.5, 0.6) is 0 Å².